The number of anilines is 2. The fraction of sp³-hybridized carbons (Fsp3) is 0.455. The zero-order chi connectivity index (χ0) is 12.3. The minimum absolute atomic E-state index is 0.690. The number of hydrogen-bond acceptors (Lipinski definition) is 4. The second-order valence-electron chi connectivity index (χ2n) is 4.03. The number of nitrogens with one attached hydrogen (secondary N) is 2. The van der Waals surface area contributed by atoms with E-state index in [2.05, 4.69) is 27.5 Å². The van der Waals surface area contributed by atoms with Gasteiger partial charge in [-0.25, -0.2) is 4.68 Å². The van der Waals surface area contributed by atoms with Gasteiger partial charge in [0, 0.05) is 24.8 Å². The highest BCUT2D eigenvalue weighted by Crippen LogP contribution is 2.22. The van der Waals surface area contributed by atoms with Gasteiger partial charge in [0.05, 0.1) is 17.6 Å². The summed E-state index contributed by atoms with van der Waals surface area (Å²) in [7, 11) is 0. The molecule has 2 aromatic rings. The third-order valence-corrected chi connectivity index (χ3v) is 2.62. The first kappa shape index (κ1) is 11.5. The highest BCUT2D eigenvalue weighted by molar-refractivity contribution is 5.64. The standard InChI is InChI=1S/C11H18N6/c1-3-4-17-11(10(12)8(2)16-17)13-5-9-6-14-15-7-9/h6-7,13H,3-5,12H2,1-2H3,(H,14,15). The van der Waals surface area contributed by atoms with Gasteiger partial charge >= 0.3 is 0 Å². The summed E-state index contributed by atoms with van der Waals surface area (Å²) in [6.45, 7) is 5.60. The molecule has 0 atom stereocenters. The van der Waals surface area contributed by atoms with Crippen LogP contribution in [0.5, 0.6) is 0 Å². The van der Waals surface area contributed by atoms with E-state index in [1.165, 1.54) is 0 Å². The van der Waals surface area contributed by atoms with Gasteiger partial charge < -0.3 is 11.1 Å². The van der Waals surface area contributed by atoms with Crippen molar-refractivity contribution in [3.63, 3.8) is 0 Å². The summed E-state index contributed by atoms with van der Waals surface area (Å²) in [4.78, 5) is 0. The molecule has 0 amide bonds. The van der Waals surface area contributed by atoms with E-state index in [1.807, 2.05) is 17.8 Å². The van der Waals surface area contributed by atoms with E-state index < -0.39 is 0 Å². The summed E-state index contributed by atoms with van der Waals surface area (Å²) < 4.78 is 1.92. The van der Waals surface area contributed by atoms with E-state index in [0.29, 0.717) is 6.54 Å². The molecular weight excluding hydrogens is 216 g/mol. The third-order valence-electron chi connectivity index (χ3n) is 2.62. The Hall–Kier alpha value is -1.98. The summed E-state index contributed by atoms with van der Waals surface area (Å²) in [5, 5.41) is 14.4. The smallest absolute Gasteiger partial charge is 0.148 e. The first-order valence-corrected chi connectivity index (χ1v) is 5.76. The summed E-state index contributed by atoms with van der Waals surface area (Å²) in [5.74, 6) is 0.894. The topological polar surface area (TPSA) is 84.6 Å². The molecule has 0 spiro atoms. The van der Waals surface area contributed by atoms with Gasteiger partial charge in [-0.1, -0.05) is 6.92 Å². The number of H-pyrrole nitrogens is 1. The molecule has 92 valence electrons. The first-order chi connectivity index (χ1) is 8.22. The molecule has 0 saturated carbocycles. The molecule has 0 aliphatic carbocycles. The number of nitrogen functional groups attached to an aromatic ring is 1. The maximum Gasteiger partial charge on any atom is 0.148 e. The van der Waals surface area contributed by atoms with Gasteiger partial charge in [-0.2, -0.15) is 10.2 Å². The maximum atomic E-state index is 6.00. The van der Waals surface area contributed by atoms with Gasteiger partial charge in [-0.3, -0.25) is 5.10 Å². The number of aryl methyl sites for hydroxylation is 2. The highest BCUT2D eigenvalue weighted by Gasteiger charge is 2.11. The van der Waals surface area contributed by atoms with Gasteiger partial charge in [0.15, 0.2) is 0 Å². The summed E-state index contributed by atoms with van der Waals surface area (Å²) in [5.41, 5.74) is 8.69. The Labute approximate surface area is 100 Å². The van der Waals surface area contributed by atoms with Crippen LogP contribution in [-0.4, -0.2) is 20.0 Å². The molecule has 0 fully saturated rings. The van der Waals surface area contributed by atoms with Crippen molar-refractivity contribution < 1.29 is 0 Å². The van der Waals surface area contributed by atoms with Crippen LogP contribution in [0.2, 0.25) is 0 Å². The highest BCUT2D eigenvalue weighted by atomic mass is 15.3. The molecule has 6 nitrogen and oxygen atoms in total. The predicted molar refractivity (Wildman–Crippen MR) is 67.6 cm³/mol. The van der Waals surface area contributed by atoms with Gasteiger partial charge in [-0.05, 0) is 13.3 Å². The normalized spacial score (nSPS) is 10.7. The average Bonchev–Trinajstić information content (AvgIpc) is 2.89. The molecule has 2 rings (SSSR count). The lowest BCUT2D eigenvalue weighted by molar-refractivity contribution is 0.603. The van der Waals surface area contributed by atoms with Crippen LogP contribution in [0.4, 0.5) is 11.5 Å². The van der Waals surface area contributed by atoms with Gasteiger partial charge in [0.2, 0.25) is 0 Å². The Bertz CT molecular complexity index is 470. The fourth-order valence-corrected chi connectivity index (χ4v) is 1.72. The molecule has 6 heteroatoms. The Balaban J connectivity index is 2.13. The van der Waals surface area contributed by atoms with Crippen LogP contribution >= 0.6 is 0 Å². The van der Waals surface area contributed by atoms with E-state index in [-0.39, 0.29) is 0 Å². The van der Waals surface area contributed by atoms with Crippen molar-refractivity contribution in [2.24, 2.45) is 0 Å². The third kappa shape index (κ3) is 2.41. The van der Waals surface area contributed by atoms with Crippen molar-refractivity contribution in [2.75, 3.05) is 11.1 Å². The maximum absolute atomic E-state index is 6.00. The SMILES string of the molecule is CCCn1nc(C)c(N)c1NCc1cn[nH]c1. The van der Waals surface area contributed by atoms with Crippen LogP contribution in [0, 0.1) is 6.92 Å². The lowest BCUT2D eigenvalue weighted by atomic mass is 10.3. The molecule has 2 aromatic heterocycles. The Morgan fingerprint density at radius 3 is 3.00 bits per heavy atom. The average molecular weight is 234 g/mol. The molecule has 0 radical (unpaired) electrons. The largest absolute Gasteiger partial charge is 0.394 e. The van der Waals surface area contributed by atoms with Crippen molar-refractivity contribution >= 4 is 11.5 Å². The number of aromatic amines is 1. The molecule has 17 heavy (non-hydrogen) atoms. The minimum atomic E-state index is 0.690. The van der Waals surface area contributed by atoms with Crippen LogP contribution in [0.1, 0.15) is 24.6 Å². The van der Waals surface area contributed by atoms with Crippen molar-refractivity contribution in [1.82, 2.24) is 20.0 Å². The van der Waals surface area contributed by atoms with Crippen molar-refractivity contribution in [2.45, 2.75) is 33.4 Å². The number of aromatic nitrogens is 4. The predicted octanol–water partition coefficient (Wildman–Crippen LogP) is 1.52. The fourth-order valence-electron chi connectivity index (χ4n) is 1.72. The Kier molecular flexibility index (Phi) is 3.32. The number of rotatable bonds is 5. The zero-order valence-electron chi connectivity index (χ0n) is 10.2. The summed E-state index contributed by atoms with van der Waals surface area (Å²) in [6, 6.07) is 0. The number of nitrogens with two attached hydrogens (primary N) is 1. The van der Waals surface area contributed by atoms with Crippen molar-refractivity contribution in [3.8, 4) is 0 Å². The first-order valence-electron chi connectivity index (χ1n) is 5.76. The molecule has 0 bridgehead atoms. The van der Waals surface area contributed by atoms with Crippen LogP contribution in [-0.2, 0) is 13.1 Å². The zero-order valence-corrected chi connectivity index (χ0v) is 10.2. The lowest BCUT2D eigenvalue weighted by Gasteiger charge is -2.08. The van der Waals surface area contributed by atoms with Crippen LogP contribution in [0.25, 0.3) is 0 Å². The molecule has 0 unspecified atom stereocenters. The Morgan fingerprint density at radius 1 is 1.53 bits per heavy atom. The van der Waals surface area contributed by atoms with Gasteiger partial charge in [-0.15, -0.1) is 0 Å². The molecule has 0 aliphatic heterocycles. The van der Waals surface area contributed by atoms with E-state index in [1.54, 1.807) is 6.20 Å². The van der Waals surface area contributed by atoms with Crippen LogP contribution in [0.15, 0.2) is 12.4 Å². The van der Waals surface area contributed by atoms with E-state index >= 15 is 0 Å². The Morgan fingerprint density at radius 2 is 2.35 bits per heavy atom. The summed E-state index contributed by atoms with van der Waals surface area (Å²) in [6.07, 6.45) is 4.67. The number of hydrogen-bond donors (Lipinski definition) is 3. The van der Waals surface area contributed by atoms with Crippen molar-refractivity contribution in [3.05, 3.63) is 23.7 Å². The molecule has 0 saturated heterocycles. The molecule has 4 N–H and O–H groups in total. The van der Waals surface area contributed by atoms with E-state index in [9.17, 15) is 0 Å². The number of nitrogens with zero attached hydrogens (tertiary/aromatic N) is 3. The van der Waals surface area contributed by atoms with Crippen LogP contribution in [0.3, 0.4) is 0 Å². The van der Waals surface area contributed by atoms with Gasteiger partial charge in [0.25, 0.3) is 0 Å². The lowest BCUT2D eigenvalue weighted by Crippen LogP contribution is -2.08. The summed E-state index contributed by atoms with van der Waals surface area (Å²) >= 11 is 0. The second kappa shape index (κ2) is 4.90. The molecular formula is C11H18N6. The molecule has 0 aromatic carbocycles. The van der Waals surface area contributed by atoms with Crippen LogP contribution < -0.4 is 11.1 Å². The van der Waals surface area contributed by atoms with Gasteiger partial charge in [0.1, 0.15) is 5.82 Å². The minimum Gasteiger partial charge on any atom is -0.394 e. The van der Waals surface area contributed by atoms with Crippen molar-refractivity contribution in [1.29, 1.82) is 0 Å². The molecule has 2 heterocycles. The quantitative estimate of drug-likeness (QED) is 0.732. The monoisotopic (exact) mass is 234 g/mol. The molecule has 0 aliphatic rings. The second-order valence-corrected chi connectivity index (χ2v) is 4.03. The van der Waals surface area contributed by atoms with E-state index in [4.69, 9.17) is 5.73 Å². The van der Waals surface area contributed by atoms with E-state index in [0.717, 1.165) is 35.7 Å².